The Balaban J connectivity index is 2.58. The van der Waals surface area contributed by atoms with E-state index in [4.69, 9.17) is 17.0 Å². The molecule has 1 heterocycles. The minimum Gasteiger partial charge on any atom is -0.494 e. The number of halogens is 1. The standard InChI is InChI=1S/C15H17FN2OS/c1-15(2,3)12-8-13(20)18-14(17-12)9-5-6-10(16)11(7-9)19-4/h5-8H,1-4H3,(H,17,18,20). The molecule has 0 aliphatic rings. The van der Waals surface area contributed by atoms with E-state index >= 15 is 0 Å². The molecule has 20 heavy (non-hydrogen) atoms. The summed E-state index contributed by atoms with van der Waals surface area (Å²) in [6.45, 7) is 6.26. The molecule has 0 aliphatic heterocycles. The van der Waals surface area contributed by atoms with Gasteiger partial charge in [0.15, 0.2) is 11.6 Å². The molecule has 0 spiro atoms. The van der Waals surface area contributed by atoms with Gasteiger partial charge in [0, 0.05) is 16.7 Å². The lowest BCUT2D eigenvalue weighted by molar-refractivity contribution is 0.386. The maximum atomic E-state index is 13.5. The van der Waals surface area contributed by atoms with E-state index in [-0.39, 0.29) is 11.2 Å². The van der Waals surface area contributed by atoms with E-state index in [0.29, 0.717) is 10.5 Å². The Kier molecular flexibility index (Phi) is 3.90. The fraction of sp³-hybridized carbons (Fsp3) is 0.333. The maximum Gasteiger partial charge on any atom is 0.165 e. The van der Waals surface area contributed by atoms with Crippen LogP contribution in [0.25, 0.3) is 11.4 Å². The molecule has 0 fully saturated rings. The molecule has 0 radical (unpaired) electrons. The number of nitrogens with one attached hydrogen (secondary N) is 1. The van der Waals surface area contributed by atoms with Crippen LogP contribution in [0.4, 0.5) is 4.39 Å². The first-order valence-electron chi connectivity index (χ1n) is 6.27. The summed E-state index contributed by atoms with van der Waals surface area (Å²) in [5.74, 6) is 0.396. The zero-order chi connectivity index (χ0) is 14.9. The predicted molar refractivity (Wildman–Crippen MR) is 80.1 cm³/mol. The number of aromatic nitrogens is 2. The fourth-order valence-corrected chi connectivity index (χ4v) is 2.01. The van der Waals surface area contributed by atoms with Gasteiger partial charge in [-0.2, -0.15) is 0 Å². The van der Waals surface area contributed by atoms with E-state index < -0.39 is 5.82 Å². The Morgan fingerprint density at radius 1 is 1.25 bits per heavy atom. The third-order valence-corrected chi connectivity index (χ3v) is 3.18. The number of aromatic amines is 1. The Bertz CT molecular complexity index is 689. The Labute approximate surface area is 122 Å². The van der Waals surface area contributed by atoms with Crippen molar-refractivity contribution in [1.82, 2.24) is 9.97 Å². The van der Waals surface area contributed by atoms with Crippen LogP contribution >= 0.6 is 12.2 Å². The number of benzene rings is 1. The molecule has 0 saturated carbocycles. The predicted octanol–water partition coefficient (Wildman–Crippen LogP) is 4.25. The van der Waals surface area contributed by atoms with Gasteiger partial charge in [0.05, 0.1) is 7.11 Å². The van der Waals surface area contributed by atoms with Crippen LogP contribution in [0.3, 0.4) is 0 Å². The highest BCUT2D eigenvalue weighted by Crippen LogP contribution is 2.26. The first-order chi connectivity index (χ1) is 9.31. The van der Waals surface area contributed by atoms with Crippen molar-refractivity contribution in [2.45, 2.75) is 26.2 Å². The molecule has 2 aromatic rings. The Morgan fingerprint density at radius 2 is 1.95 bits per heavy atom. The highest BCUT2D eigenvalue weighted by molar-refractivity contribution is 7.71. The molecule has 0 aliphatic carbocycles. The third kappa shape index (κ3) is 3.04. The highest BCUT2D eigenvalue weighted by Gasteiger charge is 2.16. The summed E-state index contributed by atoms with van der Waals surface area (Å²) in [4.78, 5) is 7.56. The zero-order valence-corrected chi connectivity index (χ0v) is 12.8. The van der Waals surface area contributed by atoms with Gasteiger partial charge in [-0.1, -0.05) is 33.0 Å². The molecule has 1 aromatic carbocycles. The van der Waals surface area contributed by atoms with Crippen molar-refractivity contribution < 1.29 is 9.13 Å². The van der Waals surface area contributed by atoms with Gasteiger partial charge in [-0.25, -0.2) is 9.37 Å². The van der Waals surface area contributed by atoms with Crippen LogP contribution in [-0.2, 0) is 5.41 Å². The van der Waals surface area contributed by atoms with Crippen molar-refractivity contribution in [3.8, 4) is 17.1 Å². The largest absolute Gasteiger partial charge is 0.494 e. The first kappa shape index (κ1) is 14.7. The van der Waals surface area contributed by atoms with Crippen LogP contribution < -0.4 is 4.74 Å². The van der Waals surface area contributed by atoms with Gasteiger partial charge in [-0.3, -0.25) is 0 Å². The van der Waals surface area contributed by atoms with Crippen molar-refractivity contribution in [1.29, 1.82) is 0 Å². The van der Waals surface area contributed by atoms with Crippen molar-refractivity contribution >= 4 is 12.2 Å². The number of hydrogen-bond acceptors (Lipinski definition) is 3. The average Bonchev–Trinajstić information content (AvgIpc) is 2.37. The van der Waals surface area contributed by atoms with E-state index in [1.165, 1.54) is 13.2 Å². The molecular weight excluding hydrogens is 275 g/mol. The van der Waals surface area contributed by atoms with Gasteiger partial charge in [-0.05, 0) is 24.3 Å². The lowest BCUT2D eigenvalue weighted by Crippen LogP contribution is -2.14. The SMILES string of the molecule is COc1cc(-c2nc(=S)cc(C(C)(C)C)[nH]2)ccc1F. The van der Waals surface area contributed by atoms with Crippen LogP contribution in [0.15, 0.2) is 24.3 Å². The van der Waals surface area contributed by atoms with Gasteiger partial charge in [0.2, 0.25) is 0 Å². The van der Waals surface area contributed by atoms with Gasteiger partial charge >= 0.3 is 0 Å². The molecular formula is C15H17FN2OS. The normalized spacial score (nSPS) is 11.4. The van der Waals surface area contributed by atoms with Gasteiger partial charge in [0.25, 0.3) is 0 Å². The molecule has 106 valence electrons. The lowest BCUT2D eigenvalue weighted by atomic mass is 9.92. The maximum absolute atomic E-state index is 13.5. The molecule has 1 aromatic heterocycles. The van der Waals surface area contributed by atoms with E-state index in [1.807, 2.05) is 6.07 Å². The number of ether oxygens (including phenoxy) is 1. The first-order valence-corrected chi connectivity index (χ1v) is 6.68. The molecule has 0 saturated heterocycles. The van der Waals surface area contributed by atoms with Crippen LogP contribution in [0.1, 0.15) is 26.5 Å². The summed E-state index contributed by atoms with van der Waals surface area (Å²) in [7, 11) is 1.43. The van der Waals surface area contributed by atoms with Crippen LogP contribution in [0.5, 0.6) is 5.75 Å². The molecule has 0 unspecified atom stereocenters. The summed E-state index contributed by atoms with van der Waals surface area (Å²) in [6, 6.07) is 6.46. The summed E-state index contributed by atoms with van der Waals surface area (Å²) in [6.07, 6.45) is 0. The average molecular weight is 292 g/mol. The van der Waals surface area contributed by atoms with Gasteiger partial charge < -0.3 is 9.72 Å². The van der Waals surface area contributed by atoms with Crippen LogP contribution in [0.2, 0.25) is 0 Å². The Hall–Kier alpha value is -1.75. The van der Waals surface area contributed by atoms with E-state index in [0.717, 1.165) is 11.3 Å². The minimum absolute atomic E-state index is 0.0740. The van der Waals surface area contributed by atoms with E-state index in [2.05, 4.69) is 30.7 Å². The molecule has 0 atom stereocenters. The molecule has 0 amide bonds. The monoisotopic (exact) mass is 292 g/mol. The van der Waals surface area contributed by atoms with Crippen LogP contribution in [0, 0.1) is 10.5 Å². The quantitative estimate of drug-likeness (QED) is 0.841. The van der Waals surface area contributed by atoms with Gasteiger partial charge in [-0.15, -0.1) is 0 Å². The lowest BCUT2D eigenvalue weighted by Gasteiger charge is -2.19. The van der Waals surface area contributed by atoms with Gasteiger partial charge in [0.1, 0.15) is 10.5 Å². The highest BCUT2D eigenvalue weighted by atomic mass is 32.1. The number of H-pyrrole nitrogens is 1. The number of nitrogens with zero attached hydrogens (tertiary/aromatic N) is 1. The van der Waals surface area contributed by atoms with E-state index in [1.54, 1.807) is 12.1 Å². The van der Waals surface area contributed by atoms with Crippen molar-refractivity contribution in [2.24, 2.45) is 0 Å². The second-order valence-electron chi connectivity index (χ2n) is 5.58. The minimum atomic E-state index is -0.401. The van der Waals surface area contributed by atoms with Crippen LogP contribution in [-0.4, -0.2) is 17.1 Å². The topological polar surface area (TPSA) is 37.9 Å². The van der Waals surface area contributed by atoms with Crippen molar-refractivity contribution in [3.05, 3.63) is 40.4 Å². The van der Waals surface area contributed by atoms with Crippen molar-refractivity contribution in [3.63, 3.8) is 0 Å². The Morgan fingerprint density at radius 3 is 2.55 bits per heavy atom. The summed E-state index contributed by atoms with van der Waals surface area (Å²) < 4.78 is 19.0. The number of hydrogen-bond donors (Lipinski definition) is 1. The molecule has 2 rings (SSSR count). The number of methoxy groups -OCH3 is 1. The molecule has 1 N–H and O–H groups in total. The second kappa shape index (κ2) is 5.32. The summed E-state index contributed by atoms with van der Waals surface area (Å²) in [5.41, 5.74) is 1.64. The second-order valence-corrected chi connectivity index (χ2v) is 6.00. The van der Waals surface area contributed by atoms with E-state index in [9.17, 15) is 4.39 Å². The van der Waals surface area contributed by atoms with Crippen molar-refractivity contribution in [2.75, 3.05) is 7.11 Å². The summed E-state index contributed by atoms with van der Waals surface area (Å²) in [5, 5.41) is 0. The zero-order valence-electron chi connectivity index (χ0n) is 12.0. The summed E-state index contributed by atoms with van der Waals surface area (Å²) >= 11 is 5.21. The number of rotatable bonds is 2. The molecule has 0 bridgehead atoms. The molecule has 3 nitrogen and oxygen atoms in total. The fourth-order valence-electron chi connectivity index (χ4n) is 1.81. The third-order valence-electron chi connectivity index (χ3n) is 2.98. The molecule has 5 heteroatoms. The smallest absolute Gasteiger partial charge is 0.165 e.